The topological polar surface area (TPSA) is 128 Å². The quantitative estimate of drug-likeness (QED) is 0.369. The summed E-state index contributed by atoms with van der Waals surface area (Å²) in [6.45, 7) is -0.447. The monoisotopic (exact) mass is 504 g/mol. The van der Waals surface area contributed by atoms with Crippen LogP contribution in [0.5, 0.6) is 11.8 Å². The molecule has 2 aromatic carbocycles. The minimum atomic E-state index is -1.17. The summed E-state index contributed by atoms with van der Waals surface area (Å²) in [7, 11) is 1.41. The number of halogens is 2. The van der Waals surface area contributed by atoms with Crippen LogP contribution in [-0.2, 0) is 13.6 Å². The number of fused-ring (bicyclic) bond motifs is 1. The molecule has 4 aromatic rings. The van der Waals surface area contributed by atoms with Crippen molar-refractivity contribution < 1.29 is 19.4 Å². The molecule has 0 radical (unpaired) electrons. The largest absolute Gasteiger partial charge is 0.489 e. The fourth-order valence-corrected chi connectivity index (χ4v) is 3.68. The maximum Gasteiger partial charge on any atom is 0.345 e. The number of hydrogen-bond donors (Lipinski definition) is 2. The number of benzene rings is 2. The Kier molecular flexibility index (Phi) is 6.73. The highest BCUT2D eigenvalue weighted by Gasteiger charge is 2.23. The molecule has 4 rings (SSSR count). The van der Waals surface area contributed by atoms with Gasteiger partial charge in [-0.3, -0.25) is 18.9 Å². The van der Waals surface area contributed by atoms with Gasteiger partial charge in [0.15, 0.2) is 11.2 Å². The molecule has 1 atom stereocenters. The second-order valence-corrected chi connectivity index (χ2v) is 8.13. The van der Waals surface area contributed by atoms with E-state index in [1.165, 1.54) is 17.7 Å². The van der Waals surface area contributed by atoms with Crippen LogP contribution in [0.2, 0.25) is 10.0 Å². The third kappa shape index (κ3) is 4.84. The Morgan fingerprint density at radius 2 is 1.91 bits per heavy atom. The van der Waals surface area contributed by atoms with Gasteiger partial charge in [0.2, 0.25) is 0 Å². The third-order valence-electron chi connectivity index (χ3n) is 4.88. The van der Waals surface area contributed by atoms with E-state index in [1.54, 1.807) is 42.5 Å². The number of carbonyl (C=O) groups excluding carboxylic acids is 1. The van der Waals surface area contributed by atoms with Crippen LogP contribution in [-0.4, -0.2) is 42.9 Å². The molecule has 0 bridgehead atoms. The minimum absolute atomic E-state index is 0.0153. The second kappa shape index (κ2) is 9.72. The number of aryl methyl sites for hydroxylation is 1. The zero-order valence-corrected chi connectivity index (χ0v) is 19.2. The van der Waals surface area contributed by atoms with Gasteiger partial charge in [-0.15, -0.1) is 0 Å². The zero-order chi connectivity index (χ0) is 24.4. The van der Waals surface area contributed by atoms with E-state index in [1.807, 2.05) is 0 Å². The summed E-state index contributed by atoms with van der Waals surface area (Å²) in [5.41, 5.74) is -1.25. The molecule has 0 spiro atoms. The minimum Gasteiger partial charge on any atom is -0.489 e. The molecular formula is C22H18Cl2N4O6. The molecule has 2 N–H and O–H groups in total. The average molecular weight is 505 g/mol. The standard InChI is InChI=1S/C22H18Cl2N4O6/c1-27-18-17(19(30)26-21(27)32)28(22(25-18)34-20(31)12-5-3-2-4-6-12)10-14(29)11-33-16-8-7-13(23)9-15(16)24/h2-9,14,29H,10-11H2,1H3,(H,26,30,32)/t14-/m0/s1. The SMILES string of the molecule is Cn1c(=O)[nH]c(=O)c2c1nc(OC(=O)c1ccccc1)n2C[C@H](O)COc1ccc(Cl)cc1Cl. The molecule has 176 valence electrons. The van der Waals surface area contributed by atoms with Crippen LogP contribution in [0.25, 0.3) is 11.2 Å². The first-order valence-electron chi connectivity index (χ1n) is 9.97. The molecule has 0 unspecified atom stereocenters. The summed E-state index contributed by atoms with van der Waals surface area (Å²) in [6, 6.07) is 12.5. The lowest BCUT2D eigenvalue weighted by molar-refractivity contribution is 0.0684. The number of aromatic nitrogens is 4. The van der Waals surface area contributed by atoms with E-state index in [-0.39, 0.29) is 40.9 Å². The van der Waals surface area contributed by atoms with Crippen LogP contribution in [0.4, 0.5) is 0 Å². The molecule has 0 aliphatic rings. The summed E-state index contributed by atoms with van der Waals surface area (Å²) < 4.78 is 13.3. The van der Waals surface area contributed by atoms with Crippen molar-refractivity contribution in [1.29, 1.82) is 0 Å². The second-order valence-electron chi connectivity index (χ2n) is 7.29. The van der Waals surface area contributed by atoms with Gasteiger partial charge in [-0.1, -0.05) is 41.4 Å². The molecule has 0 amide bonds. The molecule has 0 fully saturated rings. The number of nitrogens with zero attached hydrogens (tertiary/aromatic N) is 3. The van der Waals surface area contributed by atoms with Gasteiger partial charge in [0.25, 0.3) is 5.56 Å². The van der Waals surface area contributed by atoms with Crippen molar-refractivity contribution in [3.05, 3.63) is 85.0 Å². The Hall–Kier alpha value is -3.60. The van der Waals surface area contributed by atoms with Crippen molar-refractivity contribution in [2.45, 2.75) is 12.6 Å². The number of aromatic amines is 1. The Bertz CT molecular complexity index is 1480. The number of ether oxygens (including phenoxy) is 2. The predicted molar refractivity (Wildman–Crippen MR) is 125 cm³/mol. The lowest BCUT2D eigenvalue weighted by Crippen LogP contribution is -2.31. The maximum absolute atomic E-state index is 12.6. The van der Waals surface area contributed by atoms with Gasteiger partial charge >= 0.3 is 17.7 Å². The Balaban J connectivity index is 1.66. The number of nitrogens with one attached hydrogen (secondary N) is 1. The number of imidazole rings is 1. The number of carbonyl (C=O) groups is 1. The summed E-state index contributed by atoms with van der Waals surface area (Å²) in [4.78, 5) is 43.5. The molecule has 10 nitrogen and oxygen atoms in total. The van der Waals surface area contributed by atoms with E-state index < -0.39 is 23.3 Å². The van der Waals surface area contributed by atoms with Crippen LogP contribution in [0.15, 0.2) is 58.1 Å². The molecule has 2 aromatic heterocycles. The van der Waals surface area contributed by atoms with E-state index in [2.05, 4.69) is 9.97 Å². The predicted octanol–water partition coefficient (Wildman–Crippen LogP) is 2.39. The van der Waals surface area contributed by atoms with E-state index in [0.717, 1.165) is 4.57 Å². The Morgan fingerprint density at radius 3 is 2.62 bits per heavy atom. The summed E-state index contributed by atoms with van der Waals surface area (Å²) in [5.74, 6) is -0.422. The highest BCUT2D eigenvalue weighted by Crippen LogP contribution is 2.28. The Labute approximate surface area is 201 Å². The van der Waals surface area contributed by atoms with Crippen molar-refractivity contribution in [2.75, 3.05) is 6.61 Å². The van der Waals surface area contributed by atoms with Crippen LogP contribution in [0.1, 0.15) is 10.4 Å². The van der Waals surface area contributed by atoms with E-state index in [9.17, 15) is 19.5 Å². The lowest BCUT2D eigenvalue weighted by Gasteiger charge is -2.15. The van der Waals surface area contributed by atoms with Gasteiger partial charge in [0.05, 0.1) is 17.1 Å². The Morgan fingerprint density at radius 1 is 1.18 bits per heavy atom. The third-order valence-corrected chi connectivity index (χ3v) is 5.41. The van der Waals surface area contributed by atoms with Gasteiger partial charge in [0.1, 0.15) is 18.5 Å². The van der Waals surface area contributed by atoms with Gasteiger partial charge < -0.3 is 14.6 Å². The van der Waals surface area contributed by atoms with Crippen LogP contribution in [0.3, 0.4) is 0 Å². The average Bonchev–Trinajstić information content (AvgIpc) is 3.15. The number of H-pyrrole nitrogens is 1. The van der Waals surface area contributed by atoms with Crippen molar-refractivity contribution in [3.63, 3.8) is 0 Å². The number of esters is 1. The number of aliphatic hydroxyl groups is 1. The summed E-state index contributed by atoms with van der Waals surface area (Å²) in [6.07, 6.45) is -1.17. The van der Waals surface area contributed by atoms with Gasteiger partial charge in [0, 0.05) is 12.1 Å². The molecule has 0 aliphatic heterocycles. The number of aliphatic hydroxyl groups excluding tert-OH is 1. The highest BCUT2D eigenvalue weighted by atomic mass is 35.5. The lowest BCUT2D eigenvalue weighted by atomic mass is 10.2. The smallest absolute Gasteiger partial charge is 0.345 e. The molecule has 2 heterocycles. The molecule has 12 heteroatoms. The normalized spacial score (nSPS) is 12.0. The fourth-order valence-electron chi connectivity index (χ4n) is 3.22. The van der Waals surface area contributed by atoms with E-state index in [0.29, 0.717) is 10.8 Å². The number of rotatable bonds is 7. The molecule has 0 saturated carbocycles. The fraction of sp³-hybridized carbons (Fsp3) is 0.182. The molecule has 0 aliphatic carbocycles. The molecule has 34 heavy (non-hydrogen) atoms. The maximum atomic E-state index is 12.6. The van der Waals surface area contributed by atoms with Crippen molar-refractivity contribution >= 4 is 40.3 Å². The van der Waals surface area contributed by atoms with Crippen LogP contribution >= 0.6 is 23.2 Å². The van der Waals surface area contributed by atoms with Gasteiger partial charge in [-0.05, 0) is 30.3 Å². The van der Waals surface area contributed by atoms with Crippen LogP contribution < -0.4 is 20.7 Å². The van der Waals surface area contributed by atoms with E-state index >= 15 is 0 Å². The first-order chi connectivity index (χ1) is 16.2. The molecule has 0 saturated heterocycles. The van der Waals surface area contributed by atoms with Gasteiger partial charge in [-0.2, -0.15) is 4.98 Å². The van der Waals surface area contributed by atoms with E-state index in [4.69, 9.17) is 32.7 Å². The van der Waals surface area contributed by atoms with Crippen molar-refractivity contribution in [2.24, 2.45) is 7.05 Å². The first-order valence-corrected chi connectivity index (χ1v) is 10.7. The number of hydrogen-bond acceptors (Lipinski definition) is 7. The zero-order valence-electron chi connectivity index (χ0n) is 17.7. The molecular weight excluding hydrogens is 487 g/mol. The summed E-state index contributed by atoms with van der Waals surface area (Å²) in [5, 5.41) is 11.3. The van der Waals surface area contributed by atoms with Gasteiger partial charge in [-0.25, -0.2) is 9.59 Å². The highest BCUT2D eigenvalue weighted by molar-refractivity contribution is 6.35. The summed E-state index contributed by atoms with van der Waals surface area (Å²) >= 11 is 12.0. The van der Waals surface area contributed by atoms with Crippen molar-refractivity contribution in [3.8, 4) is 11.8 Å². The first kappa shape index (κ1) is 23.6. The van der Waals surface area contributed by atoms with Crippen LogP contribution in [0, 0.1) is 0 Å². The van der Waals surface area contributed by atoms with Crippen molar-refractivity contribution in [1.82, 2.24) is 19.1 Å².